The van der Waals surface area contributed by atoms with Gasteiger partial charge in [-0.15, -0.1) is 0 Å². The maximum atomic E-state index is 13.1. The van der Waals surface area contributed by atoms with Gasteiger partial charge in [-0.2, -0.15) is 0 Å². The third kappa shape index (κ3) is 6.14. The molecule has 4 aromatic rings. The zero-order valence-electron chi connectivity index (χ0n) is 22.4. The first-order chi connectivity index (χ1) is 18.5. The number of pyridine rings is 1. The van der Waals surface area contributed by atoms with Crippen molar-refractivity contribution in [1.82, 2.24) is 19.9 Å². The molecule has 0 bridgehead atoms. The lowest BCUT2D eigenvalue weighted by Gasteiger charge is -2.34. The molecule has 1 aliphatic rings. The summed E-state index contributed by atoms with van der Waals surface area (Å²) in [4.78, 5) is 29.0. The zero-order chi connectivity index (χ0) is 26.5. The molecular formula is C32H35N5O. The Labute approximate surface area is 225 Å². The molecule has 1 amide bonds. The number of piperidine rings is 1. The Bertz CT molecular complexity index is 1380. The van der Waals surface area contributed by atoms with Gasteiger partial charge in [-0.1, -0.05) is 18.2 Å². The molecular weight excluding hydrogens is 470 g/mol. The van der Waals surface area contributed by atoms with E-state index in [4.69, 9.17) is 4.98 Å². The first kappa shape index (κ1) is 25.7. The minimum absolute atomic E-state index is 0.116. The van der Waals surface area contributed by atoms with Crippen LogP contribution in [-0.4, -0.2) is 44.9 Å². The van der Waals surface area contributed by atoms with Crippen molar-refractivity contribution in [2.75, 3.05) is 18.4 Å². The minimum Gasteiger partial charge on any atom is -0.322 e. The standard InChI is InChI=1S/C32H35N5O/c1-22(2)37-17-13-25(14-18-37)24-8-10-29(11-9-24)35-32(38)26-7-6-23(3)28(19-26)20-31-34-16-12-30(36-31)27-5-4-15-33-21-27/h4-12,15-16,19,21-22,25H,13-14,17-18,20H2,1-3H3,(H,35,38). The van der Waals surface area contributed by atoms with Gasteiger partial charge in [-0.25, -0.2) is 9.97 Å². The molecule has 0 unspecified atom stereocenters. The van der Waals surface area contributed by atoms with Crippen LogP contribution in [0.2, 0.25) is 0 Å². The van der Waals surface area contributed by atoms with Crippen molar-refractivity contribution >= 4 is 11.6 Å². The highest BCUT2D eigenvalue weighted by Gasteiger charge is 2.22. The van der Waals surface area contributed by atoms with E-state index in [0.29, 0.717) is 29.8 Å². The number of aryl methyl sites for hydroxylation is 1. The molecule has 1 saturated heterocycles. The lowest BCUT2D eigenvalue weighted by molar-refractivity contribution is 0.102. The number of benzene rings is 2. The van der Waals surface area contributed by atoms with E-state index in [1.807, 2.05) is 55.5 Å². The van der Waals surface area contributed by atoms with Gasteiger partial charge in [-0.05, 0) is 112 Å². The second-order valence-corrected chi connectivity index (χ2v) is 10.4. The molecule has 2 aromatic heterocycles. The molecule has 5 rings (SSSR count). The average Bonchev–Trinajstić information content (AvgIpc) is 2.95. The van der Waals surface area contributed by atoms with Gasteiger partial charge < -0.3 is 10.2 Å². The molecule has 0 atom stereocenters. The smallest absolute Gasteiger partial charge is 0.255 e. The number of carbonyl (C=O) groups is 1. The lowest BCUT2D eigenvalue weighted by Crippen LogP contribution is -2.37. The molecule has 2 aromatic carbocycles. The van der Waals surface area contributed by atoms with Crippen molar-refractivity contribution in [3.8, 4) is 11.3 Å². The molecule has 0 spiro atoms. The van der Waals surface area contributed by atoms with Gasteiger partial charge in [0.2, 0.25) is 0 Å². The monoisotopic (exact) mass is 505 g/mol. The molecule has 1 fully saturated rings. The fraction of sp³-hybridized carbons (Fsp3) is 0.312. The van der Waals surface area contributed by atoms with Crippen LogP contribution >= 0.6 is 0 Å². The summed E-state index contributed by atoms with van der Waals surface area (Å²) in [6.07, 6.45) is 8.23. The summed E-state index contributed by atoms with van der Waals surface area (Å²) in [5.41, 5.74) is 6.72. The molecule has 3 heterocycles. The molecule has 1 N–H and O–H groups in total. The Morgan fingerprint density at radius 2 is 1.82 bits per heavy atom. The van der Waals surface area contributed by atoms with Crippen LogP contribution in [-0.2, 0) is 6.42 Å². The predicted octanol–water partition coefficient (Wildman–Crippen LogP) is 6.28. The summed E-state index contributed by atoms with van der Waals surface area (Å²) in [7, 11) is 0. The molecule has 38 heavy (non-hydrogen) atoms. The van der Waals surface area contributed by atoms with Crippen LogP contribution in [0.3, 0.4) is 0 Å². The number of hydrogen-bond acceptors (Lipinski definition) is 5. The Kier molecular flexibility index (Phi) is 7.89. The zero-order valence-corrected chi connectivity index (χ0v) is 22.4. The van der Waals surface area contributed by atoms with E-state index < -0.39 is 0 Å². The van der Waals surface area contributed by atoms with E-state index in [-0.39, 0.29) is 5.91 Å². The number of anilines is 1. The Balaban J connectivity index is 1.24. The third-order valence-electron chi connectivity index (χ3n) is 7.52. The van der Waals surface area contributed by atoms with Crippen LogP contribution in [0.1, 0.15) is 65.5 Å². The number of hydrogen-bond donors (Lipinski definition) is 1. The maximum absolute atomic E-state index is 13.1. The normalized spacial score (nSPS) is 14.5. The van der Waals surface area contributed by atoms with Crippen molar-refractivity contribution < 1.29 is 4.79 Å². The summed E-state index contributed by atoms with van der Waals surface area (Å²) in [6, 6.07) is 20.6. The van der Waals surface area contributed by atoms with E-state index in [1.165, 1.54) is 18.4 Å². The van der Waals surface area contributed by atoms with E-state index >= 15 is 0 Å². The first-order valence-electron chi connectivity index (χ1n) is 13.4. The molecule has 194 valence electrons. The van der Waals surface area contributed by atoms with Crippen molar-refractivity contribution in [2.24, 2.45) is 0 Å². The number of aromatic nitrogens is 3. The van der Waals surface area contributed by atoms with Gasteiger partial charge in [0.05, 0.1) is 5.69 Å². The van der Waals surface area contributed by atoms with Crippen molar-refractivity contribution in [3.63, 3.8) is 0 Å². The fourth-order valence-corrected chi connectivity index (χ4v) is 5.12. The number of nitrogens with one attached hydrogen (secondary N) is 1. The highest BCUT2D eigenvalue weighted by Crippen LogP contribution is 2.29. The van der Waals surface area contributed by atoms with Gasteiger partial charge in [0.1, 0.15) is 5.82 Å². The number of amides is 1. The molecule has 0 radical (unpaired) electrons. The van der Waals surface area contributed by atoms with Crippen molar-refractivity contribution in [3.05, 3.63) is 107 Å². The summed E-state index contributed by atoms with van der Waals surface area (Å²) < 4.78 is 0. The van der Waals surface area contributed by atoms with E-state index in [9.17, 15) is 4.79 Å². The fourth-order valence-electron chi connectivity index (χ4n) is 5.12. The number of carbonyl (C=O) groups excluding carboxylic acids is 1. The average molecular weight is 506 g/mol. The van der Waals surface area contributed by atoms with Crippen molar-refractivity contribution in [1.29, 1.82) is 0 Å². The Morgan fingerprint density at radius 3 is 2.53 bits per heavy atom. The predicted molar refractivity (Wildman–Crippen MR) is 152 cm³/mol. The maximum Gasteiger partial charge on any atom is 0.255 e. The Hall–Kier alpha value is -3.90. The second-order valence-electron chi connectivity index (χ2n) is 10.4. The summed E-state index contributed by atoms with van der Waals surface area (Å²) in [5, 5.41) is 3.07. The summed E-state index contributed by atoms with van der Waals surface area (Å²) in [6.45, 7) is 8.88. The molecule has 0 aliphatic carbocycles. The lowest BCUT2D eigenvalue weighted by atomic mass is 9.89. The largest absolute Gasteiger partial charge is 0.322 e. The van der Waals surface area contributed by atoms with Gasteiger partial charge in [0.15, 0.2) is 0 Å². The Morgan fingerprint density at radius 1 is 1.03 bits per heavy atom. The summed E-state index contributed by atoms with van der Waals surface area (Å²) >= 11 is 0. The van der Waals surface area contributed by atoms with Crippen LogP contribution in [0.25, 0.3) is 11.3 Å². The minimum atomic E-state index is -0.116. The quantitative estimate of drug-likeness (QED) is 0.320. The van der Waals surface area contributed by atoms with Gasteiger partial charge in [0, 0.05) is 47.9 Å². The van der Waals surface area contributed by atoms with Crippen LogP contribution in [0.15, 0.2) is 79.3 Å². The van der Waals surface area contributed by atoms with E-state index in [1.54, 1.807) is 18.6 Å². The molecule has 1 aliphatic heterocycles. The summed E-state index contributed by atoms with van der Waals surface area (Å²) in [5.74, 6) is 1.18. The number of rotatable bonds is 7. The van der Waals surface area contributed by atoms with Gasteiger partial charge >= 0.3 is 0 Å². The van der Waals surface area contributed by atoms with Gasteiger partial charge in [-0.3, -0.25) is 9.78 Å². The second kappa shape index (κ2) is 11.7. The van der Waals surface area contributed by atoms with E-state index in [2.05, 4.69) is 46.2 Å². The topological polar surface area (TPSA) is 71.0 Å². The SMILES string of the molecule is Cc1ccc(C(=O)Nc2ccc(C3CCN(C(C)C)CC3)cc2)cc1Cc1nccc(-c2cccnc2)n1. The number of likely N-dealkylation sites (tertiary alicyclic amines) is 1. The van der Waals surface area contributed by atoms with Crippen LogP contribution < -0.4 is 5.32 Å². The number of nitrogens with zero attached hydrogens (tertiary/aromatic N) is 4. The van der Waals surface area contributed by atoms with Crippen LogP contribution in [0.4, 0.5) is 5.69 Å². The molecule has 6 heteroatoms. The van der Waals surface area contributed by atoms with Gasteiger partial charge in [0.25, 0.3) is 5.91 Å². The third-order valence-corrected chi connectivity index (χ3v) is 7.52. The van der Waals surface area contributed by atoms with Crippen LogP contribution in [0.5, 0.6) is 0 Å². The van der Waals surface area contributed by atoms with Crippen molar-refractivity contribution in [2.45, 2.75) is 52.0 Å². The van der Waals surface area contributed by atoms with E-state index in [0.717, 1.165) is 41.2 Å². The first-order valence-corrected chi connectivity index (χ1v) is 13.4. The van der Waals surface area contributed by atoms with Crippen LogP contribution in [0, 0.1) is 6.92 Å². The highest BCUT2D eigenvalue weighted by molar-refractivity contribution is 6.04. The highest BCUT2D eigenvalue weighted by atomic mass is 16.1. The molecule has 6 nitrogen and oxygen atoms in total. The molecule has 0 saturated carbocycles.